The molecule has 0 N–H and O–H groups in total. The molecule has 1 rings (SSSR count). The predicted molar refractivity (Wildman–Crippen MR) is 54.1 cm³/mol. The summed E-state index contributed by atoms with van der Waals surface area (Å²) < 4.78 is 5.04. The molecule has 0 spiro atoms. The van der Waals surface area contributed by atoms with Gasteiger partial charge in [0.2, 0.25) is 0 Å². The van der Waals surface area contributed by atoms with Gasteiger partial charge in [-0.2, -0.15) is 9.59 Å². The molecule has 0 saturated heterocycles. The molecule has 0 heterocycles. The van der Waals surface area contributed by atoms with Crippen molar-refractivity contribution in [3.8, 4) is 5.75 Å². The summed E-state index contributed by atoms with van der Waals surface area (Å²) in [6.45, 7) is 6.03. The Morgan fingerprint density at radius 3 is 1.86 bits per heavy atom. The van der Waals surface area contributed by atoms with E-state index in [9.17, 15) is 0 Å². The lowest BCUT2D eigenvalue weighted by atomic mass is 10.2. The standard InChI is InChI=1S/C8H10O.C2H6.CO2/c1-7-5-3-4-6-8(7)9-2;1-2;2-1-3/h3-6H,1-2H3;1-2H3;. The van der Waals surface area contributed by atoms with Crippen molar-refractivity contribution < 1.29 is 14.3 Å². The second-order valence-corrected chi connectivity index (χ2v) is 2.05. The average molecular weight is 196 g/mol. The van der Waals surface area contributed by atoms with Gasteiger partial charge in [-0.3, -0.25) is 0 Å². The Hall–Kier alpha value is -1.60. The first-order valence-corrected chi connectivity index (χ1v) is 4.35. The van der Waals surface area contributed by atoms with Crippen molar-refractivity contribution >= 4 is 6.15 Å². The highest BCUT2D eigenvalue weighted by molar-refractivity contribution is 5.31. The van der Waals surface area contributed by atoms with Crippen molar-refractivity contribution in [2.45, 2.75) is 20.8 Å². The van der Waals surface area contributed by atoms with Crippen molar-refractivity contribution in [3.63, 3.8) is 0 Å². The molecule has 0 bridgehead atoms. The maximum Gasteiger partial charge on any atom is 0.373 e. The van der Waals surface area contributed by atoms with Crippen LogP contribution in [0.1, 0.15) is 19.4 Å². The van der Waals surface area contributed by atoms with Crippen LogP contribution in [0, 0.1) is 6.92 Å². The summed E-state index contributed by atoms with van der Waals surface area (Å²) in [5.74, 6) is 0.956. The highest BCUT2D eigenvalue weighted by Gasteiger charge is 1.90. The minimum Gasteiger partial charge on any atom is -0.496 e. The van der Waals surface area contributed by atoms with Crippen LogP contribution in [0.15, 0.2) is 24.3 Å². The van der Waals surface area contributed by atoms with Crippen LogP contribution in [-0.4, -0.2) is 13.3 Å². The van der Waals surface area contributed by atoms with Gasteiger partial charge < -0.3 is 4.74 Å². The zero-order valence-electron chi connectivity index (χ0n) is 9.03. The number of benzene rings is 1. The maximum atomic E-state index is 8.12. The van der Waals surface area contributed by atoms with Crippen LogP contribution in [0.4, 0.5) is 0 Å². The molecule has 0 amide bonds. The number of carbonyl (C=O) groups excluding carboxylic acids is 2. The zero-order chi connectivity index (χ0) is 11.4. The van der Waals surface area contributed by atoms with Crippen LogP contribution in [-0.2, 0) is 9.59 Å². The van der Waals surface area contributed by atoms with E-state index in [1.807, 2.05) is 45.0 Å². The van der Waals surface area contributed by atoms with Crippen molar-refractivity contribution in [1.82, 2.24) is 0 Å². The topological polar surface area (TPSA) is 43.4 Å². The Balaban J connectivity index is 0. The normalized spacial score (nSPS) is 6.86. The molecule has 0 unspecified atom stereocenters. The van der Waals surface area contributed by atoms with Crippen molar-refractivity contribution in [2.24, 2.45) is 0 Å². The highest BCUT2D eigenvalue weighted by atomic mass is 16.5. The van der Waals surface area contributed by atoms with E-state index in [-0.39, 0.29) is 6.15 Å². The molecule has 0 radical (unpaired) electrons. The number of aryl methyl sites for hydroxylation is 1. The predicted octanol–water partition coefficient (Wildman–Crippen LogP) is 2.45. The van der Waals surface area contributed by atoms with Crippen LogP contribution in [0.25, 0.3) is 0 Å². The van der Waals surface area contributed by atoms with Gasteiger partial charge in [0.1, 0.15) is 5.75 Å². The highest BCUT2D eigenvalue weighted by Crippen LogP contribution is 2.14. The van der Waals surface area contributed by atoms with Gasteiger partial charge in [-0.25, -0.2) is 0 Å². The lowest BCUT2D eigenvalue weighted by molar-refractivity contribution is -0.191. The van der Waals surface area contributed by atoms with E-state index in [4.69, 9.17) is 14.3 Å². The molecule has 0 aromatic heterocycles. The van der Waals surface area contributed by atoms with Crippen LogP contribution >= 0.6 is 0 Å². The average Bonchev–Trinajstić information content (AvgIpc) is 2.23. The largest absolute Gasteiger partial charge is 0.496 e. The monoisotopic (exact) mass is 196 g/mol. The Morgan fingerprint density at radius 2 is 1.57 bits per heavy atom. The van der Waals surface area contributed by atoms with E-state index in [1.165, 1.54) is 5.56 Å². The molecule has 0 aliphatic rings. The molecule has 1 aromatic rings. The van der Waals surface area contributed by atoms with E-state index >= 15 is 0 Å². The molecular weight excluding hydrogens is 180 g/mol. The molecule has 0 atom stereocenters. The number of rotatable bonds is 1. The summed E-state index contributed by atoms with van der Waals surface area (Å²) in [6, 6.07) is 7.94. The second-order valence-electron chi connectivity index (χ2n) is 2.05. The number of para-hydroxylation sites is 1. The fourth-order valence-corrected chi connectivity index (χ4v) is 0.785. The molecule has 3 heteroatoms. The van der Waals surface area contributed by atoms with Crippen molar-refractivity contribution in [1.29, 1.82) is 0 Å². The molecule has 1 aromatic carbocycles. The molecule has 0 aliphatic heterocycles. The van der Waals surface area contributed by atoms with Crippen LogP contribution in [0.5, 0.6) is 5.75 Å². The Morgan fingerprint density at radius 1 is 1.14 bits per heavy atom. The van der Waals surface area contributed by atoms with Gasteiger partial charge in [0.15, 0.2) is 0 Å². The van der Waals surface area contributed by atoms with Gasteiger partial charge >= 0.3 is 6.15 Å². The summed E-state index contributed by atoms with van der Waals surface area (Å²) in [5, 5.41) is 0. The summed E-state index contributed by atoms with van der Waals surface area (Å²) in [4.78, 5) is 16.2. The molecule has 0 aliphatic carbocycles. The molecule has 0 saturated carbocycles. The van der Waals surface area contributed by atoms with Crippen molar-refractivity contribution in [2.75, 3.05) is 7.11 Å². The Bertz CT molecular complexity index is 263. The van der Waals surface area contributed by atoms with Crippen LogP contribution < -0.4 is 4.74 Å². The molecule has 14 heavy (non-hydrogen) atoms. The van der Waals surface area contributed by atoms with Gasteiger partial charge in [0.05, 0.1) is 7.11 Å². The zero-order valence-corrected chi connectivity index (χ0v) is 9.03. The SMILES string of the molecule is CC.COc1ccccc1C.O=C=O. The van der Waals surface area contributed by atoms with Gasteiger partial charge in [-0.1, -0.05) is 32.0 Å². The number of hydrogen-bond acceptors (Lipinski definition) is 3. The first kappa shape index (κ1) is 14.9. The Kier molecular flexibility index (Phi) is 12.1. The first-order valence-electron chi connectivity index (χ1n) is 4.35. The van der Waals surface area contributed by atoms with Gasteiger partial charge in [-0.05, 0) is 18.6 Å². The smallest absolute Gasteiger partial charge is 0.373 e. The van der Waals surface area contributed by atoms with E-state index in [2.05, 4.69) is 0 Å². The molecule has 78 valence electrons. The lowest BCUT2D eigenvalue weighted by Crippen LogP contribution is -1.84. The molecule has 0 fully saturated rings. The quantitative estimate of drug-likeness (QED) is 0.692. The number of ether oxygens (including phenoxy) is 1. The minimum atomic E-state index is 0.250. The molecule has 3 nitrogen and oxygen atoms in total. The number of methoxy groups -OCH3 is 1. The summed E-state index contributed by atoms with van der Waals surface area (Å²) in [6.07, 6.45) is 0.250. The van der Waals surface area contributed by atoms with Gasteiger partial charge in [-0.15, -0.1) is 0 Å². The molecular formula is C11H16O3. The summed E-state index contributed by atoms with van der Waals surface area (Å²) in [7, 11) is 1.68. The van der Waals surface area contributed by atoms with Gasteiger partial charge in [0.25, 0.3) is 0 Å². The fraction of sp³-hybridized carbons (Fsp3) is 0.364. The fourth-order valence-electron chi connectivity index (χ4n) is 0.785. The first-order chi connectivity index (χ1) is 6.76. The third-order valence-corrected chi connectivity index (χ3v) is 1.31. The third-order valence-electron chi connectivity index (χ3n) is 1.31. The van der Waals surface area contributed by atoms with Gasteiger partial charge in [0, 0.05) is 0 Å². The maximum absolute atomic E-state index is 8.12. The second kappa shape index (κ2) is 11.4. The van der Waals surface area contributed by atoms with E-state index < -0.39 is 0 Å². The number of hydrogen-bond donors (Lipinski definition) is 0. The van der Waals surface area contributed by atoms with E-state index in [0.717, 1.165) is 5.75 Å². The van der Waals surface area contributed by atoms with Crippen LogP contribution in [0.2, 0.25) is 0 Å². The van der Waals surface area contributed by atoms with Crippen LogP contribution in [0.3, 0.4) is 0 Å². The van der Waals surface area contributed by atoms with E-state index in [1.54, 1.807) is 7.11 Å². The van der Waals surface area contributed by atoms with Crippen molar-refractivity contribution in [3.05, 3.63) is 29.8 Å². The summed E-state index contributed by atoms with van der Waals surface area (Å²) >= 11 is 0. The summed E-state index contributed by atoms with van der Waals surface area (Å²) in [5.41, 5.74) is 1.18. The third kappa shape index (κ3) is 7.07. The minimum absolute atomic E-state index is 0.250. The Labute approximate surface area is 84.7 Å². The lowest BCUT2D eigenvalue weighted by Gasteiger charge is -2.00. The van der Waals surface area contributed by atoms with E-state index in [0.29, 0.717) is 0 Å².